The van der Waals surface area contributed by atoms with E-state index in [1.165, 1.54) is 18.4 Å². The van der Waals surface area contributed by atoms with Gasteiger partial charge in [0.25, 0.3) is 5.91 Å². The molecule has 0 fully saturated rings. The smallest absolute Gasteiger partial charge is 0.341 e. The fraction of sp³-hybridized carbons (Fsp3) is 0.143. The Balaban J connectivity index is 2.06. The van der Waals surface area contributed by atoms with Crippen LogP contribution in [0.3, 0.4) is 0 Å². The number of amides is 1. The van der Waals surface area contributed by atoms with Crippen molar-refractivity contribution in [2.24, 2.45) is 0 Å². The Morgan fingerprint density at radius 3 is 2.52 bits per heavy atom. The topological polar surface area (TPSA) is 55.4 Å². The molecule has 3 aromatic rings. The van der Waals surface area contributed by atoms with Crippen molar-refractivity contribution < 1.29 is 14.3 Å². The minimum atomic E-state index is -0.477. The maximum atomic E-state index is 12.7. The van der Waals surface area contributed by atoms with Crippen molar-refractivity contribution in [2.45, 2.75) is 13.8 Å². The number of methoxy groups -OCH3 is 1. The molecule has 0 aliphatic carbocycles. The number of hydrogen-bond acceptors (Lipinski definition) is 4. The van der Waals surface area contributed by atoms with E-state index in [1.54, 1.807) is 18.2 Å². The Bertz CT molecular complexity index is 1030. The Hall–Kier alpha value is -2.44. The molecule has 3 rings (SSSR count). The summed E-state index contributed by atoms with van der Waals surface area (Å²) in [6.45, 7) is 4.00. The van der Waals surface area contributed by atoms with Crippen LogP contribution in [0.25, 0.3) is 11.1 Å². The summed E-state index contributed by atoms with van der Waals surface area (Å²) in [4.78, 5) is 25.2. The van der Waals surface area contributed by atoms with E-state index in [2.05, 4.69) is 21.2 Å². The van der Waals surface area contributed by atoms with Gasteiger partial charge in [-0.15, -0.1) is 11.3 Å². The normalized spacial score (nSPS) is 10.5. The summed E-state index contributed by atoms with van der Waals surface area (Å²) in [7, 11) is 1.34. The van der Waals surface area contributed by atoms with Gasteiger partial charge in [-0.1, -0.05) is 35.9 Å². The first-order valence-electron chi connectivity index (χ1n) is 8.25. The van der Waals surface area contributed by atoms with Gasteiger partial charge in [0.05, 0.1) is 12.7 Å². The molecule has 1 N–H and O–H groups in total. The standard InChI is InChI=1S/C21H18BrNO3S/c1-12-8-9-13(2)15(10-12)16-11-27-20(18(16)21(25)26-3)23-19(24)14-6-4-5-7-17(14)22/h4-11H,1-3H3,(H,23,24). The Morgan fingerprint density at radius 2 is 1.81 bits per heavy atom. The average Bonchev–Trinajstić information content (AvgIpc) is 3.06. The zero-order chi connectivity index (χ0) is 19.6. The Morgan fingerprint density at radius 1 is 1.07 bits per heavy atom. The maximum absolute atomic E-state index is 12.7. The number of anilines is 1. The SMILES string of the molecule is COC(=O)c1c(-c2cc(C)ccc2C)csc1NC(=O)c1ccccc1Br. The molecule has 27 heavy (non-hydrogen) atoms. The number of benzene rings is 2. The molecule has 1 heterocycles. The van der Waals surface area contributed by atoms with Crippen molar-refractivity contribution in [3.63, 3.8) is 0 Å². The Labute approximate surface area is 170 Å². The third-order valence-corrected chi connectivity index (χ3v) is 5.80. The summed E-state index contributed by atoms with van der Waals surface area (Å²) in [5.74, 6) is -0.767. The minimum absolute atomic E-state index is 0.290. The van der Waals surface area contributed by atoms with Gasteiger partial charge in [-0.3, -0.25) is 4.79 Å². The van der Waals surface area contributed by atoms with Gasteiger partial charge in [-0.25, -0.2) is 4.79 Å². The van der Waals surface area contributed by atoms with Crippen LogP contribution in [0, 0.1) is 13.8 Å². The molecular weight excluding hydrogens is 426 g/mol. The van der Waals surface area contributed by atoms with Crippen molar-refractivity contribution in [1.29, 1.82) is 0 Å². The highest BCUT2D eigenvalue weighted by atomic mass is 79.9. The zero-order valence-electron chi connectivity index (χ0n) is 15.1. The number of ether oxygens (including phenoxy) is 1. The molecular formula is C21H18BrNO3S. The van der Waals surface area contributed by atoms with Crippen LogP contribution in [0.4, 0.5) is 5.00 Å². The van der Waals surface area contributed by atoms with Crippen molar-refractivity contribution >= 4 is 44.1 Å². The van der Waals surface area contributed by atoms with E-state index in [0.717, 1.165) is 22.3 Å². The summed E-state index contributed by atoms with van der Waals surface area (Å²) < 4.78 is 5.67. The number of esters is 1. The second-order valence-electron chi connectivity index (χ2n) is 6.10. The van der Waals surface area contributed by atoms with Crippen LogP contribution in [0.5, 0.6) is 0 Å². The molecule has 0 saturated carbocycles. The molecule has 0 aliphatic heterocycles. The summed E-state index contributed by atoms with van der Waals surface area (Å²) in [6, 6.07) is 13.2. The molecule has 0 spiro atoms. The van der Waals surface area contributed by atoms with Crippen LogP contribution >= 0.6 is 27.3 Å². The highest BCUT2D eigenvalue weighted by molar-refractivity contribution is 9.10. The van der Waals surface area contributed by atoms with Crippen molar-refractivity contribution in [3.05, 3.63) is 74.6 Å². The third-order valence-electron chi connectivity index (χ3n) is 4.21. The zero-order valence-corrected chi connectivity index (χ0v) is 17.5. The van der Waals surface area contributed by atoms with Gasteiger partial charge < -0.3 is 10.1 Å². The first-order valence-corrected chi connectivity index (χ1v) is 9.93. The van der Waals surface area contributed by atoms with E-state index in [1.807, 2.05) is 43.5 Å². The van der Waals surface area contributed by atoms with E-state index in [0.29, 0.717) is 20.6 Å². The summed E-state index contributed by atoms with van der Waals surface area (Å²) in [5, 5.41) is 5.21. The number of nitrogens with one attached hydrogen (secondary N) is 1. The van der Waals surface area contributed by atoms with E-state index in [9.17, 15) is 9.59 Å². The van der Waals surface area contributed by atoms with Crippen molar-refractivity contribution in [3.8, 4) is 11.1 Å². The number of aryl methyl sites for hydroxylation is 2. The molecule has 6 heteroatoms. The lowest BCUT2D eigenvalue weighted by atomic mass is 9.97. The highest BCUT2D eigenvalue weighted by Gasteiger charge is 2.24. The molecule has 1 aromatic heterocycles. The van der Waals surface area contributed by atoms with Crippen LogP contribution in [0.1, 0.15) is 31.8 Å². The van der Waals surface area contributed by atoms with E-state index < -0.39 is 5.97 Å². The molecule has 0 atom stereocenters. The van der Waals surface area contributed by atoms with E-state index in [-0.39, 0.29) is 5.91 Å². The number of hydrogen-bond donors (Lipinski definition) is 1. The van der Waals surface area contributed by atoms with Crippen LogP contribution in [-0.2, 0) is 4.74 Å². The number of carbonyl (C=O) groups excluding carboxylic acids is 2. The average molecular weight is 444 g/mol. The number of rotatable bonds is 4. The molecule has 1 amide bonds. The summed E-state index contributed by atoms with van der Waals surface area (Å²) in [5.41, 5.74) is 4.72. The van der Waals surface area contributed by atoms with Crippen LogP contribution in [-0.4, -0.2) is 19.0 Å². The first kappa shape index (κ1) is 19.3. The quantitative estimate of drug-likeness (QED) is 0.515. The van der Waals surface area contributed by atoms with Gasteiger partial charge in [0.1, 0.15) is 10.6 Å². The number of halogens is 1. The molecule has 0 radical (unpaired) electrons. The number of carbonyl (C=O) groups is 2. The lowest BCUT2D eigenvalue weighted by molar-refractivity contribution is 0.0603. The van der Waals surface area contributed by atoms with Crippen LogP contribution in [0.15, 0.2) is 52.3 Å². The molecule has 0 saturated heterocycles. The fourth-order valence-electron chi connectivity index (χ4n) is 2.79. The largest absolute Gasteiger partial charge is 0.465 e. The summed E-state index contributed by atoms with van der Waals surface area (Å²) >= 11 is 4.69. The van der Waals surface area contributed by atoms with Gasteiger partial charge in [-0.05, 0) is 53.0 Å². The lowest BCUT2D eigenvalue weighted by Gasteiger charge is -2.10. The molecule has 0 bridgehead atoms. The van der Waals surface area contributed by atoms with E-state index in [4.69, 9.17) is 4.74 Å². The van der Waals surface area contributed by atoms with Gasteiger partial charge in [0.15, 0.2) is 0 Å². The van der Waals surface area contributed by atoms with Gasteiger partial charge >= 0.3 is 5.97 Å². The van der Waals surface area contributed by atoms with Crippen LogP contribution < -0.4 is 5.32 Å². The second-order valence-corrected chi connectivity index (χ2v) is 7.83. The van der Waals surface area contributed by atoms with Gasteiger partial charge in [-0.2, -0.15) is 0 Å². The van der Waals surface area contributed by atoms with Crippen molar-refractivity contribution in [2.75, 3.05) is 12.4 Å². The minimum Gasteiger partial charge on any atom is -0.465 e. The monoisotopic (exact) mass is 443 g/mol. The molecule has 0 unspecified atom stereocenters. The van der Waals surface area contributed by atoms with Crippen LogP contribution in [0.2, 0.25) is 0 Å². The second kappa shape index (κ2) is 8.06. The molecule has 2 aromatic carbocycles. The molecule has 138 valence electrons. The summed E-state index contributed by atoms with van der Waals surface area (Å²) in [6.07, 6.45) is 0. The van der Waals surface area contributed by atoms with Gasteiger partial charge in [0.2, 0.25) is 0 Å². The van der Waals surface area contributed by atoms with E-state index >= 15 is 0 Å². The third kappa shape index (κ3) is 3.96. The maximum Gasteiger partial charge on any atom is 0.341 e. The number of thiophene rings is 1. The fourth-order valence-corrected chi connectivity index (χ4v) is 4.20. The Kier molecular flexibility index (Phi) is 5.77. The first-order chi connectivity index (χ1) is 12.9. The van der Waals surface area contributed by atoms with Crippen molar-refractivity contribution in [1.82, 2.24) is 0 Å². The lowest BCUT2D eigenvalue weighted by Crippen LogP contribution is -2.14. The molecule has 0 aliphatic rings. The predicted molar refractivity (Wildman–Crippen MR) is 113 cm³/mol. The molecule has 4 nitrogen and oxygen atoms in total. The van der Waals surface area contributed by atoms with Gasteiger partial charge in [0, 0.05) is 15.4 Å². The highest BCUT2D eigenvalue weighted by Crippen LogP contribution is 2.38. The predicted octanol–water partition coefficient (Wildman–Crippen LogP) is 5.83.